The summed E-state index contributed by atoms with van der Waals surface area (Å²) in [6.07, 6.45) is 0. The topological polar surface area (TPSA) is 75.7 Å². The molecule has 1 amide bonds. The Morgan fingerprint density at radius 3 is 2.14 bits per heavy atom. The molecule has 0 aliphatic rings. The summed E-state index contributed by atoms with van der Waals surface area (Å²) < 4.78 is 45.7. The minimum atomic E-state index is -4.05. The SMILES string of the molecule is COc1ccc(S(=O)(=O)N(CC(=O)N[C@@H](C)C(C)C)c2ccc(F)cc2)cc1. The van der Waals surface area contributed by atoms with E-state index in [-0.39, 0.29) is 22.5 Å². The van der Waals surface area contributed by atoms with Gasteiger partial charge in [-0.05, 0) is 61.4 Å². The van der Waals surface area contributed by atoms with Crippen LogP contribution in [-0.2, 0) is 14.8 Å². The Kier molecular flexibility index (Phi) is 7.01. The molecular weight excluding hydrogens is 383 g/mol. The lowest BCUT2D eigenvalue weighted by atomic mass is 10.1. The Balaban J connectivity index is 2.39. The molecule has 0 bridgehead atoms. The molecule has 2 rings (SSSR count). The zero-order valence-corrected chi connectivity index (χ0v) is 17.2. The van der Waals surface area contributed by atoms with E-state index < -0.39 is 28.3 Å². The molecule has 0 aliphatic heterocycles. The van der Waals surface area contributed by atoms with Crippen LogP contribution in [0, 0.1) is 11.7 Å². The smallest absolute Gasteiger partial charge is 0.264 e. The van der Waals surface area contributed by atoms with Crippen molar-refractivity contribution in [3.05, 3.63) is 54.3 Å². The highest BCUT2D eigenvalue weighted by Gasteiger charge is 2.28. The Hall–Kier alpha value is -2.61. The van der Waals surface area contributed by atoms with Crippen LogP contribution in [0.25, 0.3) is 0 Å². The van der Waals surface area contributed by atoms with Crippen molar-refractivity contribution in [2.75, 3.05) is 18.0 Å². The zero-order chi connectivity index (χ0) is 20.9. The molecule has 0 fully saturated rings. The maximum atomic E-state index is 13.3. The maximum Gasteiger partial charge on any atom is 0.264 e. The summed E-state index contributed by atoms with van der Waals surface area (Å²) in [4.78, 5) is 12.5. The minimum Gasteiger partial charge on any atom is -0.497 e. The van der Waals surface area contributed by atoms with Gasteiger partial charge in [0.15, 0.2) is 0 Å². The van der Waals surface area contributed by atoms with Crippen LogP contribution in [0.1, 0.15) is 20.8 Å². The van der Waals surface area contributed by atoms with Gasteiger partial charge in [0.25, 0.3) is 10.0 Å². The number of nitrogens with zero attached hydrogens (tertiary/aromatic N) is 1. The fraction of sp³-hybridized carbons (Fsp3) is 0.350. The number of halogens is 1. The van der Waals surface area contributed by atoms with E-state index in [2.05, 4.69) is 5.32 Å². The molecule has 2 aromatic rings. The molecule has 6 nitrogen and oxygen atoms in total. The molecule has 0 aromatic heterocycles. The quantitative estimate of drug-likeness (QED) is 0.728. The molecule has 0 aliphatic carbocycles. The monoisotopic (exact) mass is 408 g/mol. The molecule has 1 atom stereocenters. The van der Waals surface area contributed by atoms with Gasteiger partial charge in [0.1, 0.15) is 18.1 Å². The number of carbonyl (C=O) groups excluding carboxylic acids is 1. The van der Waals surface area contributed by atoms with Gasteiger partial charge in [0, 0.05) is 6.04 Å². The number of anilines is 1. The van der Waals surface area contributed by atoms with E-state index in [0.29, 0.717) is 5.75 Å². The van der Waals surface area contributed by atoms with Crippen LogP contribution in [-0.4, -0.2) is 34.0 Å². The number of methoxy groups -OCH3 is 1. The Labute approximate surface area is 165 Å². The van der Waals surface area contributed by atoms with Crippen molar-refractivity contribution in [2.24, 2.45) is 5.92 Å². The van der Waals surface area contributed by atoms with E-state index in [0.717, 1.165) is 16.4 Å². The average Bonchev–Trinajstić information content (AvgIpc) is 2.66. The summed E-state index contributed by atoms with van der Waals surface area (Å²) in [6.45, 7) is 5.34. The van der Waals surface area contributed by atoms with Crippen molar-refractivity contribution in [2.45, 2.75) is 31.7 Å². The number of amides is 1. The summed E-state index contributed by atoms with van der Waals surface area (Å²) in [5.74, 6) is -0.233. The third-order valence-corrected chi connectivity index (χ3v) is 6.23. The first-order valence-corrected chi connectivity index (χ1v) is 10.3. The van der Waals surface area contributed by atoms with E-state index in [4.69, 9.17) is 4.74 Å². The lowest BCUT2D eigenvalue weighted by Crippen LogP contribution is -2.45. The van der Waals surface area contributed by atoms with Crippen molar-refractivity contribution in [1.82, 2.24) is 5.32 Å². The normalized spacial score (nSPS) is 12.5. The number of hydrogen-bond donors (Lipinski definition) is 1. The Morgan fingerprint density at radius 1 is 1.07 bits per heavy atom. The first-order chi connectivity index (χ1) is 13.1. The van der Waals surface area contributed by atoms with Crippen LogP contribution < -0.4 is 14.4 Å². The number of sulfonamides is 1. The molecule has 2 aromatic carbocycles. The summed E-state index contributed by atoms with van der Waals surface area (Å²) in [7, 11) is -2.57. The van der Waals surface area contributed by atoms with Gasteiger partial charge in [0.05, 0.1) is 17.7 Å². The molecule has 0 saturated heterocycles. The van der Waals surface area contributed by atoms with Crippen molar-refractivity contribution >= 4 is 21.6 Å². The van der Waals surface area contributed by atoms with Gasteiger partial charge in [-0.3, -0.25) is 9.10 Å². The first kappa shape index (κ1) is 21.7. The van der Waals surface area contributed by atoms with Gasteiger partial charge in [-0.2, -0.15) is 0 Å². The van der Waals surface area contributed by atoms with Crippen LogP contribution in [0.2, 0.25) is 0 Å². The average molecular weight is 408 g/mol. The number of nitrogens with one attached hydrogen (secondary N) is 1. The number of rotatable bonds is 8. The molecule has 0 heterocycles. The van der Waals surface area contributed by atoms with Gasteiger partial charge in [-0.25, -0.2) is 12.8 Å². The zero-order valence-electron chi connectivity index (χ0n) is 16.3. The lowest BCUT2D eigenvalue weighted by molar-refractivity contribution is -0.120. The van der Waals surface area contributed by atoms with Crippen LogP contribution in [0.3, 0.4) is 0 Å². The highest BCUT2D eigenvalue weighted by molar-refractivity contribution is 7.92. The van der Waals surface area contributed by atoms with Crippen molar-refractivity contribution in [1.29, 1.82) is 0 Å². The highest BCUT2D eigenvalue weighted by atomic mass is 32.2. The van der Waals surface area contributed by atoms with Gasteiger partial charge in [0.2, 0.25) is 5.91 Å². The molecular formula is C20H25FN2O4S. The fourth-order valence-electron chi connectivity index (χ4n) is 2.39. The van der Waals surface area contributed by atoms with E-state index in [1.165, 1.54) is 43.5 Å². The summed E-state index contributed by atoms with van der Waals surface area (Å²) in [6, 6.07) is 10.7. The molecule has 8 heteroatoms. The third-order valence-electron chi connectivity index (χ3n) is 4.44. The van der Waals surface area contributed by atoms with Crippen LogP contribution >= 0.6 is 0 Å². The Morgan fingerprint density at radius 2 is 1.64 bits per heavy atom. The van der Waals surface area contributed by atoms with E-state index in [9.17, 15) is 17.6 Å². The molecule has 0 radical (unpaired) electrons. The van der Waals surface area contributed by atoms with E-state index >= 15 is 0 Å². The second-order valence-electron chi connectivity index (χ2n) is 6.76. The van der Waals surface area contributed by atoms with Crippen molar-refractivity contribution in [3.63, 3.8) is 0 Å². The van der Waals surface area contributed by atoms with Gasteiger partial charge < -0.3 is 10.1 Å². The summed E-state index contributed by atoms with van der Waals surface area (Å²) in [5, 5.41) is 2.79. The molecule has 28 heavy (non-hydrogen) atoms. The van der Waals surface area contributed by atoms with Crippen LogP contribution in [0.4, 0.5) is 10.1 Å². The van der Waals surface area contributed by atoms with Crippen molar-refractivity contribution in [3.8, 4) is 5.75 Å². The predicted octanol–water partition coefficient (Wildman–Crippen LogP) is 3.19. The lowest BCUT2D eigenvalue weighted by Gasteiger charge is -2.26. The summed E-state index contributed by atoms with van der Waals surface area (Å²) in [5.41, 5.74) is 0.199. The van der Waals surface area contributed by atoms with Crippen LogP contribution in [0.5, 0.6) is 5.75 Å². The van der Waals surface area contributed by atoms with E-state index in [1.54, 1.807) is 0 Å². The molecule has 0 saturated carbocycles. The van der Waals surface area contributed by atoms with Crippen LogP contribution in [0.15, 0.2) is 53.4 Å². The Bertz CT molecular complexity index is 897. The second kappa shape index (κ2) is 9.05. The molecule has 0 spiro atoms. The molecule has 0 unspecified atom stereocenters. The number of benzene rings is 2. The first-order valence-electron chi connectivity index (χ1n) is 8.87. The molecule has 152 valence electrons. The van der Waals surface area contributed by atoms with Gasteiger partial charge in [-0.1, -0.05) is 13.8 Å². The standard InChI is InChI=1S/C20H25FN2O4S/c1-14(2)15(3)22-20(24)13-23(17-7-5-16(21)6-8-17)28(25,26)19-11-9-18(27-4)10-12-19/h5-12,14-15H,13H2,1-4H3,(H,22,24)/t15-/m0/s1. The number of ether oxygens (including phenoxy) is 1. The predicted molar refractivity (Wildman–Crippen MR) is 106 cm³/mol. The van der Waals surface area contributed by atoms with Gasteiger partial charge >= 0.3 is 0 Å². The van der Waals surface area contributed by atoms with Crippen molar-refractivity contribution < 1.29 is 22.3 Å². The largest absolute Gasteiger partial charge is 0.497 e. The maximum absolute atomic E-state index is 13.3. The number of hydrogen-bond acceptors (Lipinski definition) is 4. The van der Waals surface area contributed by atoms with E-state index in [1.807, 2.05) is 20.8 Å². The van der Waals surface area contributed by atoms with Gasteiger partial charge in [-0.15, -0.1) is 0 Å². The summed E-state index contributed by atoms with van der Waals surface area (Å²) >= 11 is 0. The number of carbonyl (C=O) groups is 1. The third kappa shape index (κ3) is 5.22. The fourth-order valence-corrected chi connectivity index (χ4v) is 3.81. The molecule has 1 N–H and O–H groups in total. The highest BCUT2D eigenvalue weighted by Crippen LogP contribution is 2.25. The second-order valence-corrected chi connectivity index (χ2v) is 8.63. The minimum absolute atomic E-state index is 0.00216.